The van der Waals surface area contributed by atoms with Crippen molar-refractivity contribution in [1.82, 2.24) is 19.4 Å². The summed E-state index contributed by atoms with van der Waals surface area (Å²) in [5.74, 6) is -0.164. The van der Waals surface area contributed by atoms with E-state index in [1.807, 2.05) is 48.1 Å². The van der Waals surface area contributed by atoms with Gasteiger partial charge in [-0.2, -0.15) is 5.10 Å². The van der Waals surface area contributed by atoms with Gasteiger partial charge in [0, 0.05) is 18.1 Å². The smallest absolute Gasteiger partial charge is 0.269 e. The minimum atomic E-state index is -0.164. The molecule has 6 nitrogen and oxygen atoms in total. The number of nitrogens with zero attached hydrogens (tertiary/aromatic N) is 4. The van der Waals surface area contributed by atoms with Crippen LogP contribution < -0.4 is 5.32 Å². The van der Waals surface area contributed by atoms with Crippen molar-refractivity contribution >= 4 is 23.1 Å². The maximum absolute atomic E-state index is 12.3. The van der Waals surface area contributed by atoms with Gasteiger partial charge in [0.25, 0.3) is 5.91 Å². The average Bonchev–Trinajstić information content (AvgIpc) is 3.18. The summed E-state index contributed by atoms with van der Waals surface area (Å²) in [6.07, 6.45) is 4.34. The van der Waals surface area contributed by atoms with Crippen molar-refractivity contribution < 1.29 is 4.79 Å². The first kappa shape index (κ1) is 14.4. The lowest BCUT2D eigenvalue weighted by atomic mass is 10.2. The predicted octanol–water partition coefficient (Wildman–Crippen LogP) is 2.60. The van der Waals surface area contributed by atoms with E-state index >= 15 is 0 Å². The summed E-state index contributed by atoms with van der Waals surface area (Å²) in [6, 6.07) is 9.61. The van der Waals surface area contributed by atoms with Gasteiger partial charge in [0.05, 0.1) is 12.2 Å². The Balaban J connectivity index is 1.74. The van der Waals surface area contributed by atoms with Crippen LogP contribution in [0.2, 0.25) is 0 Å². The average molecular weight is 313 g/mol. The quantitative estimate of drug-likeness (QED) is 0.786. The lowest BCUT2D eigenvalue weighted by Crippen LogP contribution is -2.12. The summed E-state index contributed by atoms with van der Waals surface area (Å²) in [7, 11) is 0. The van der Waals surface area contributed by atoms with E-state index in [9.17, 15) is 4.79 Å². The number of aromatic nitrogens is 4. The normalized spacial score (nSPS) is 10.6. The molecule has 0 bridgehead atoms. The zero-order chi connectivity index (χ0) is 15.4. The molecule has 0 aliphatic carbocycles. The van der Waals surface area contributed by atoms with E-state index in [4.69, 9.17) is 0 Å². The molecule has 0 saturated heterocycles. The molecule has 0 aliphatic heterocycles. The van der Waals surface area contributed by atoms with Gasteiger partial charge in [-0.3, -0.25) is 9.48 Å². The summed E-state index contributed by atoms with van der Waals surface area (Å²) in [4.78, 5) is 12.9. The maximum atomic E-state index is 12.3. The van der Waals surface area contributed by atoms with E-state index in [-0.39, 0.29) is 5.91 Å². The van der Waals surface area contributed by atoms with Gasteiger partial charge in [-0.1, -0.05) is 23.5 Å². The van der Waals surface area contributed by atoms with Crippen LogP contribution >= 0.6 is 11.5 Å². The molecule has 0 fully saturated rings. The second kappa shape index (κ2) is 6.48. The van der Waals surface area contributed by atoms with E-state index < -0.39 is 0 Å². The number of anilines is 1. The monoisotopic (exact) mass is 313 g/mol. The number of carbonyl (C=O) groups is 1. The van der Waals surface area contributed by atoms with Crippen LogP contribution in [0.5, 0.6) is 0 Å². The van der Waals surface area contributed by atoms with Crippen LogP contribution in [0.4, 0.5) is 5.69 Å². The molecule has 1 aromatic carbocycles. The highest BCUT2D eigenvalue weighted by molar-refractivity contribution is 7.08. The van der Waals surface area contributed by atoms with Crippen molar-refractivity contribution in [3.8, 4) is 0 Å². The highest BCUT2D eigenvalue weighted by Gasteiger charge is 2.15. The second-order valence-corrected chi connectivity index (χ2v) is 5.51. The molecule has 2 heterocycles. The van der Waals surface area contributed by atoms with Crippen LogP contribution in [0.1, 0.15) is 27.9 Å². The summed E-state index contributed by atoms with van der Waals surface area (Å²) in [5.41, 5.74) is 2.56. The number of benzene rings is 1. The Kier molecular flexibility index (Phi) is 4.24. The van der Waals surface area contributed by atoms with Crippen molar-refractivity contribution in [3.63, 3.8) is 0 Å². The molecule has 3 aromatic rings. The van der Waals surface area contributed by atoms with Crippen LogP contribution in [0, 0.1) is 0 Å². The summed E-state index contributed by atoms with van der Waals surface area (Å²) in [5, 5.41) is 11.0. The second-order valence-electron chi connectivity index (χ2n) is 4.76. The van der Waals surface area contributed by atoms with Gasteiger partial charge in [-0.05, 0) is 41.7 Å². The molecule has 112 valence electrons. The van der Waals surface area contributed by atoms with Crippen LogP contribution in [0.25, 0.3) is 0 Å². The fraction of sp³-hybridized carbons (Fsp3) is 0.200. The third kappa shape index (κ3) is 3.20. The van der Waals surface area contributed by atoms with Gasteiger partial charge in [0.1, 0.15) is 4.88 Å². The minimum absolute atomic E-state index is 0.164. The van der Waals surface area contributed by atoms with Gasteiger partial charge in [0.2, 0.25) is 0 Å². The first-order valence-corrected chi connectivity index (χ1v) is 7.72. The van der Waals surface area contributed by atoms with E-state index in [1.54, 1.807) is 6.20 Å². The Morgan fingerprint density at radius 2 is 2.27 bits per heavy atom. The molecule has 3 rings (SSSR count). The topological polar surface area (TPSA) is 72.7 Å². The molecule has 0 aliphatic rings. The van der Waals surface area contributed by atoms with E-state index in [2.05, 4.69) is 20.0 Å². The third-order valence-corrected chi connectivity index (χ3v) is 3.95. The van der Waals surface area contributed by atoms with Gasteiger partial charge in [-0.25, -0.2) is 0 Å². The molecule has 1 N–H and O–H groups in total. The molecule has 0 unspecified atom stereocenters. The van der Waals surface area contributed by atoms with Crippen LogP contribution in [-0.4, -0.2) is 25.3 Å². The number of nitrogens with one attached hydrogen (secondary N) is 1. The van der Waals surface area contributed by atoms with Crippen LogP contribution in [0.3, 0.4) is 0 Å². The fourth-order valence-electron chi connectivity index (χ4n) is 2.13. The van der Waals surface area contributed by atoms with Crippen LogP contribution in [-0.2, 0) is 13.0 Å². The summed E-state index contributed by atoms with van der Waals surface area (Å²) >= 11 is 1.12. The predicted molar refractivity (Wildman–Crippen MR) is 85.0 cm³/mol. The Labute approximate surface area is 132 Å². The van der Waals surface area contributed by atoms with Crippen molar-refractivity contribution in [2.75, 3.05) is 5.32 Å². The van der Waals surface area contributed by atoms with E-state index in [0.717, 1.165) is 28.5 Å². The van der Waals surface area contributed by atoms with Crippen molar-refractivity contribution in [3.05, 3.63) is 58.9 Å². The number of hydrogen-bond acceptors (Lipinski definition) is 5. The number of hydrogen-bond donors (Lipinski definition) is 1. The number of carbonyl (C=O) groups excluding carboxylic acids is 1. The first-order valence-electron chi connectivity index (χ1n) is 6.95. The highest BCUT2D eigenvalue weighted by Crippen LogP contribution is 2.16. The van der Waals surface area contributed by atoms with Gasteiger partial charge in [-0.15, -0.1) is 5.10 Å². The van der Waals surface area contributed by atoms with Gasteiger partial charge < -0.3 is 5.32 Å². The first-order chi connectivity index (χ1) is 10.8. The number of amides is 1. The summed E-state index contributed by atoms with van der Waals surface area (Å²) < 4.78 is 5.68. The molecule has 1 amide bonds. The molecule has 0 radical (unpaired) electrons. The Bertz CT molecular complexity index is 766. The van der Waals surface area contributed by atoms with Crippen molar-refractivity contribution in [1.29, 1.82) is 0 Å². The van der Waals surface area contributed by atoms with Gasteiger partial charge >= 0.3 is 0 Å². The third-order valence-electron chi connectivity index (χ3n) is 3.19. The Morgan fingerprint density at radius 3 is 3.05 bits per heavy atom. The maximum Gasteiger partial charge on any atom is 0.269 e. The Hall–Kier alpha value is -2.54. The molecule has 0 atom stereocenters. The van der Waals surface area contributed by atoms with Gasteiger partial charge in [0.15, 0.2) is 0 Å². The highest BCUT2D eigenvalue weighted by atomic mass is 32.1. The molecular formula is C15H15N5OS. The van der Waals surface area contributed by atoms with Crippen molar-refractivity contribution in [2.24, 2.45) is 0 Å². The molecule has 7 heteroatoms. The largest absolute Gasteiger partial charge is 0.321 e. The molecular weight excluding hydrogens is 298 g/mol. The Morgan fingerprint density at radius 1 is 1.36 bits per heavy atom. The number of aryl methyl sites for hydroxylation is 1. The van der Waals surface area contributed by atoms with E-state index in [1.165, 1.54) is 0 Å². The molecule has 2 aromatic heterocycles. The fourth-order valence-corrected chi connectivity index (χ4v) is 2.77. The zero-order valence-corrected chi connectivity index (χ0v) is 12.9. The lowest BCUT2D eigenvalue weighted by Gasteiger charge is -2.07. The summed E-state index contributed by atoms with van der Waals surface area (Å²) in [6.45, 7) is 2.62. The molecule has 0 spiro atoms. The van der Waals surface area contributed by atoms with Crippen LogP contribution in [0.15, 0.2) is 42.7 Å². The molecule has 22 heavy (non-hydrogen) atoms. The zero-order valence-electron chi connectivity index (χ0n) is 12.1. The number of rotatable bonds is 5. The SMILES string of the molecule is CCc1nnsc1C(=O)Nc1cccc(Cn2cccn2)c1. The minimum Gasteiger partial charge on any atom is -0.321 e. The molecule has 0 saturated carbocycles. The van der Waals surface area contributed by atoms with Crippen molar-refractivity contribution in [2.45, 2.75) is 19.9 Å². The lowest BCUT2D eigenvalue weighted by molar-refractivity contribution is 0.102. The standard InChI is InChI=1S/C15H15N5OS/c1-2-13-14(22-19-18-13)15(21)17-12-6-3-5-11(9-12)10-20-8-4-7-16-20/h3-9H,2,10H2,1H3,(H,17,21). The van der Waals surface area contributed by atoms with E-state index in [0.29, 0.717) is 17.8 Å².